The summed E-state index contributed by atoms with van der Waals surface area (Å²) in [5.74, 6) is -1.09. The van der Waals surface area contributed by atoms with E-state index >= 15 is 0 Å². The van der Waals surface area contributed by atoms with Gasteiger partial charge in [0, 0.05) is 11.3 Å². The molecule has 1 aromatic heterocycles. The molecule has 0 radical (unpaired) electrons. The lowest BCUT2D eigenvalue weighted by Gasteiger charge is -2.22. The van der Waals surface area contributed by atoms with Crippen molar-refractivity contribution in [2.45, 2.75) is 32.9 Å². The first-order valence-corrected chi connectivity index (χ1v) is 9.91. The summed E-state index contributed by atoms with van der Waals surface area (Å²) in [6.45, 7) is 6.02. The number of nitrogens with zero attached hydrogens (tertiary/aromatic N) is 3. The molecular formula is C23H23N5O3. The molecule has 1 saturated heterocycles. The van der Waals surface area contributed by atoms with Gasteiger partial charge >= 0.3 is 6.03 Å². The fraction of sp³-hybridized carbons (Fsp3) is 0.217. The van der Waals surface area contributed by atoms with Crippen molar-refractivity contribution in [2.24, 2.45) is 0 Å². The number of imide groups is 1. The highest BCUT2D eigenvalue weighted by atomic mass is 16.2. The van der Waals surface area contributed by atoms with E-state index in [1.54, 1.807) is 49.4 Å². The van der Waals surface area contributed by atoms with Crippen LogP contribution in [0.25, 0.3) is 0 Å². The normalized spacial score (nSPS) is 18.2. The predicted octanol–water partition coefficient (Wildman–Crippen LogP) is 2.66. The molecule has 4 rings (SSSR count). The zero-order chi connectivity index (χ0) is 22.2. The molecule has 1 atom stereocenters. The Labute approximate surface area is 179 Å². The second-order valence-electron chi connectivity index (χ2n) is 7.79. The van der Waals surface area contributed by atoms with Crippen LogP contribution in [0.4, 0.5) is 4.79 Å². The van der Waals surface area contributed by atoms with E-state index < -0.39 is 23.4 Å². The Kier molecular flexibility index (Phi) is 5.06. The number of benzene rings is 2. The molecule has 1 aliphatic rings. The second-order valence-corrected chi connectivity index (χ2v) is 7.79. The van der Waals surface area contributed by atoms with Crippen LogP contribution in [-0.2, 0) is 16.9 Å². The van der Waals surface area contributed by atoms with Gasteiger partial charge in [-0.3, -0.25) is 19.7 Å². The number of nitrogens with one attached hydrogen (secondary N) is 2. The molecule has 0 saturated carbocycles. The fourth-order valence-corrected chi connectivity index (χ4v) is 3.69. The molecule has 158 valence electrons. The molecule has 1 unspecified atom stereocenters. The van der Waals surface area contributed by atoms with Gasteiger partial charge in [0.15, 0.2) is 0 Å². The first-order valence-electron chi connectivity index (χ1n) is 9.91. The van der Waals surface area contributed by atoms with E-state index in [-0.39, 0.29) is 0 Å². The van der Waals surface area contributed by atoms with Crippen LogP contribution >= 0.6 is 0 Å². The first kappa shape index (κ1) is 20.3. The third-order valence-corrected chi connectivity index (χ3v) is 5.38. The minimum atomic E-state index is -1.25. The Morgan fingerprint density at radius 1 is 1.06 bits per heavy atom. The lowest BCUT2D eigenvalue weighted by Crippen LogP contribution is -2.47. The van der Waals surface area contributed by atoms with Crippen LogP contribution in [0.2, 0.25) is 0 Å². The molecule has 1 fully saturated rings. The molecule has 2 heterocycles. The van der Waals surface area contributed by atoms with Crippen molar-refractivity contribution in [1.82, 2.24) is 25.5 Å². The summed E-state index contributed by atoms with van der Waals surface area (Å²) in [5.41, 5.74) is 4.99. The predicted molar refractivity (Wildman–Crippen MR) is 114 cm³/mol. The molecule has 1 aliphatic heterocycles. The molecule has 0 aliphatic carbocycles. The minimum Gasteiger partial charge on any atom is -0.318 e. The maximum atomic E-state index is 13.0. The third kappa shape index (κ3) is 3.79. The number of carbonyl (C=O) groups excluding carboxylic acids is 3. The Morgan fingerprint density at radius 2 is 1.81 bits per heavy atom. The van der Waals surface area contributed by atoms with Crippen LogP contribution in [0, 0.1) is 13.8 Å². The number of amides is 4. The second kappa shape index (κ2) is 7.71. The van der Waals surface area contributed by atoms with Gasteiger partial charge in [-0.15, -0.1) is 0 Å². The molecule has 0 bridgehead atoms. The van der Waals surface area contributed by atoms with Gasteiger partial charge in [0.2, 0.25) is 0 Å². The zero-order valence-electron chi connectivity index (χ0n) is 17.5. The van der Waals surface area contributed by atoms with E-state index in [9.17, 15) is 14.4 Å². The Morgan fingerprint density at radius 3 is 2.48 bits per heavy atom. The van der Waals surface area contributed by atoms with Gasteiger partial charge in [-0.25, -0.2) is 4.79 Å². The van der Waals surface area contributed by atoms with Gasteiger partial charge in [0.25, 0.3) is 11.8 Å². The van der Waals surface area contributed by atoms with E-state index in [0.717, 1.165) is 22.0 Å². The average Bonchev–Trinajstić information content (AvgIpc) is 3.18. The summed E-state index contributed by atoms with van der Waals surface area (Å²) in [5, 5.41) is 7.84. The number of hydrazine groups is 1. The summed E-state index contributed by atoms with van der Waals surface area (Å²) >= 11 is 0. The standard InChI is InChI=1S/C23H23N5O3/c1-15-12-16(2)27(25-15)14-17-8-7-9-18(13-17)20(29)26-28-21(30)23(3,24-22(28)31)19-10-5-4-6-11-19/h4-13H,14H2,1-3H3,(H,24,31)(H,26,29). The third-order valence-electron chi connectivity index (χ3n) is 5.38. The van der Waals surface area contributed by atoms with Crippen molar-refractivity contribution in [3.05, 3.63) is 88.7 Å². The summed E-state index contributed by atoms with van der Waals surface area (Å²) in [6, 6.07) is 17.2. The number of aryl methyl sites for hydroxylation is 2. The average molecular weight is 417 g/mol. The highest BCUT2D eigenvalue weighted by molar-refractivity contribution is 6.09. The molecule has 8 heteroatoms. The highest BCUT2D eigenvalue weighted by Crippen LogP contribution is 2.27. The van der Waals surface area contributed by atoms with E-state index in [1.807, 2.05) is 36.7 Å². The van der Waals surface area contributed by atoms with Crippen molar-refractivity contribution >= 4 is 17.8 Å². The van der Waals surface area contributed by atoms with Crippen LogP contribution in [-0.4, -0.2) is 32.6 Å². The Bertz CT molecular complexity index is 1170. The maximum Gasteiger partial charge on any atom is 0.344 e. The summed E-state index contributed by atoms with van der Waals surface area (Å²) in [4.78, 5) is 38.2. The number of urea groups is 1. The molecule has 2 aromatic carbocycles. The lowest BCUT2D eigenvalue weighted by molar-refractivity contribution is -0.132. The van der Waals surface area contributed by atoms with Gasteiger partial charge in [0.1, 0.15) is 5.54 Å². The molecule has 31 heavy (non-hydrogen) atoms. The van der Waals surface area contributed by atoms with Crippen LogP contribution in [0.5, 0.6) is 0 Å². The largest absolute Gasteiger partial charge is 0.344 e. The summed E-state index contributed by atoms with van der Waals surface area (Å²) in [7, 11) is 0. The molecule has 8 nitrogen and oxygen atoms in total. The number of carbonyl (C=O) groups is 3. The Balaban J connectivity index is 1.51. The zero-order valence-corrected chi connectivity index (χ0v) is 17.5. The number of rotatable bonds is 5. The van der Waals surface area contributed by atoms with Crippen molar-refractivity contribution in [2.75, 3.05) is 0 Å². The smallest absolute Gasteiger partial charge is 0.318 e. The van der Waals surface area contributed by atoms with Crippen LogP contribution in [0.1, 0.15) is 39.8 Å². The quantitative estimate of drug-likeness (QED) is 0.624. The molecule has 2 N–H and O–H groups in total. The Hall–Kier alpha value is -3.94. The SMILES string of the molecule is Cc1cc(C)n(Cc2cccc(C(=O)NN3C(=O)NC(C)(c4ccccc4)C3=O)c2)n1. The fourth-order valence-electron chi connectivity index (χ4n) is 3.69. The first-order chi connectivity index (χ1) is 14.8. The van der Waals surface area contributed by atoms with Crippen molar-refractivity contribution in [1.29, 1.82) is 0 Å². The molecule has 3 aromatic rings. The highest BCUT2D eigenvalue weighted by Gasteiger charge is 2.50. The number of hydrogen-bond donors (Lipinski definition) is 2. The van der Waals surface area contributed by atoms with Crippen molar-refractivity contribution < 1.29 is 14.4 Å². The van der Waals surface area contributed by atoms with E-state index in [2.05, 4.69) is 15.8 Å². The van der Waals surface area contributed by atoms with Gasteiger partial charge in [-0.05, 0) is 50.1 Å². The van der Waals surface area contributed by atoms with Crippen molar-refractivity contribution in [3.8, 4) is 0 Å². The van der Waals surface area contributed by atoms with Gasteiger partial charge in [0.05, 0.1) is 12.2 Å². The van der Waals surface area contributed by atoms with E-state index in [1.165, 1.54) is 0 Å². The molecule has 0 spiro atoms. The summed E-state index contributed by atoms with van der Waals surface area (Å²) < 4.78 is 1.86. The molecule has 4 amide bonds. The topological polar surface area (TPSA) is 96.3 Å². The number of aromatic nitrogens is 2. The van der Waals surface area contributed by atoms with E-state index in [0.29, 0.717) is 17.7 Å². The number of hydrogen-bond acceptors (Lipinski definition) is 4. The van der Waals surface area contributed by atoms with Crippen LogP contribution in [0.15, 0.2) is 60.7 Å². The monoisotopic (exact) mass is 417 g/mol. The van der Waals surface area contributed by atoms with Crippen LogP contribution < -0.4 is 10.7 Å². The minimum absolute atomic E-state index is 0.341. The molecular weight excluding hydrogens is 394 g/mol. The van der Waals surface area contributed by atoms with E-state index in [4.69, 9.17) is 0 Å². The van der Waals surface area contributed by atoms with Gasteiger partial charge in [-0.2, -0.15) is 10.1 Å². The maximum absolute atomic E-state index is 13.0. The summed E-state index contributed by atoms with van der Waals surface area (Å²) in [6.07, 6.45) is 0. The van der Waals surface area contributed by atoms with Gasteiger partial charge < -0.3 is 5.32 Å². The van der Waals surface area contributed by atoms with Gasteiger partial charge in [-0.1, -0.05) is 42.5 Å². The van der Waals surface area contributed by atoms with Crippen LogP contribution in [0.3, 0.4) is 0 Å². The van der Waals surface area contributed by atoms with Crippen molar-refractivity contribution in [3.63, 3.8) is 0 Å². The lowest BCUT2D eigenvalue weighted by atomic mass is 9.92.